The van der Waals surface area contributed by atoms with Crippen LogP contribution in [0.2, 0.25) is 0 Å². The van der Waals surface area contributed by atoms with Gasteiger partial charge in [0, 0.05) is 24.3 Å². The van der Waals surface area contributed by atoms with Crippen LogP contribution in [0, 0.1) is 13.8 Å². The summed E-state index contributed by atoms with van der Waals surface area (Å²) < 4.78 is 5.28. The van der Waals surface area contributed by atoms with E-state index in [0.717, 1.165) is 43.5 Å². The van der Waals surface area contributed by atoms with Gasteiger partial charge in [-0.25, -0.2) is 4.98 Å². The molecule has 82 valence electrons. The van der Waals surface area contributed by atoms with Crippen molar-refractivity contribution in [2.75, 3.05) is 36.9 Å². The molecule has 2 rings (SSSR count). The second kappa shape index (κ2) is 4.02. The maximum absolute atomic E-state index is 5.82. The molecule has 15 heavy (non-hydrogen) atoms. The molecule has 5 nitrogen and oxygen atoms in total. The van der Waals surface area contributed by atoms with Crippen molar-refractivity contribution in [1.29, 1.82) is 0 Å². The number of rotatable bonds is 1. The molecule has 0 aromatic carbocycles. The van der Waals surface area contributed by atoms with E-state index in [0.29, 0.717) is 5.82 Å². The van der Waals surface area contributed by atoms with Crippen LogP contribution in [0.15, 0.2) is 0 Å². The summed E-state index contributed by atoms with van der Waals surface area (Å²) in [6.07, 6.45) is 0. The Kier molecular flexibility index (Phi) is 2.73. The van der Waals surface area contributed by atoms with Gasteiger partial charge in [0.1, 0.15) is 5.82 Å². The fourth-order valence-corrected chi connectivity index (χ4v) is 1.54. The third kappa shape index (κ3) is 2.02. The predicted octanol–water partition coefficient (Wildman–Crippen LogP) is 0.512. The van der Waals surface area contributed by atoms with Crippen molar-refractivity contribution in [3.05, 3.63) is 11.3 Å². The SMILES string of the molecule is Cc1nc(N2CCOCC2)nc(N)c1C. The van der Waals surface area contributed by atoms with E-state index in [9.17, 15) is 0 Å². The number of anilines is 2. The van der Waals surface area contributed by atoms with Crippen LogP contribution in [0.5, 0.6) is 0 Å². The molecule has 0 bridgehead atoms. The van der Waals surface area contributed by atoms with E-state index in [1.165, 1.54) is 0 Å². The van der Waals surface area contributed by atoms with Crippen LogP contribution < -0.4 is 10.6 Å². The number of hydrogen-bond donors (Lipinski definition) is 1. The van der Waals surface area contributed by atoms with Crippen LogP contribution >= 0.6 is 0 Å². The van der Waals surface area contributed by atoms with Crippen LogP contribution in [0.4, 0.5) is 11.8 Å². The Morgan fingerprint density at radius 1 is 1.20 bits per heavy atom. The fourth-order valence-electron chi connectivity index (χ4n) is 1.54. The Hall–Kier alpha value is -1.36. The summed E-state index contributed by atoms with van der Waals surface area (Å²) in [5.74, 6) is 1.29. The second-order valence-corrected chi connectivity index (χ2v) is 3.72. The Labute approximate surface area is 89.3 Å². The molecule has 1 aromatic rings. The normalized spacial score (nSPS) is 16.8. The molecule has 0 amide bonds. The van der Waals surface area contributed by atoms with Gasteiger partial charge in [-0.3, -0.25) is 0 Å². The first-order valence-electron chi connectivity index (χ1n) is 5.12. The molecule has 1 saturated heterocycles. The lowest BCUT2D eigenvalue weighted by Gasteiger charge is -2.27. The number of morpholine rings is 1. The molecule has 1 aliphatic heterocycles. The van der Waals surface area contributed by atoms with Gasteiger partial charge in [-0.15, -0.1) is 0 Å². The summed E-state index contributed by atoms with van der Waals surface area (Å²) in [5.41, 5.74) is 7.73. The highest BCUT2D eigenvalue weighted by Crippen LogP contribution is 2.17. The van der Waals surface area contributed by atoms with E-state index < -0.39 is 0 Å². The molecule has 1 aliphatic rings. The summed E-state index contributed by atoms with van der Waals surface area (Å²) in [4.78, 5) is 10.8. The quantitative estimate of drug-likeness (QED) is 0.728. The third-order valence-electron chi connectivity index (χ3n) is 2.71. The zero-order valence-electron chi connectivity index (χ0n) is 9.16. The monoisotopic (exact) mass is 208 g/mol. The number of hydrogen-bond acceptors (Lipinski definition) is 5. The molecular formula is C10H16N4O. The molecule has 5 heteroatoms. The highest BCUT2D eigenvalue weighted by atomic mass is 16.5. The standard InChI is InChI=1S/C10H16N4O/c1-7-8(2)12-10(13-9(7)11)14-3-5-15-6-4-14/h3-6H2,1-2H3,(H2,11,12,13). The summed E-state index contributed by atoms with van der Waals surface area (Å²) >= 11 is 0. The van der Waals surface area contributed by atoms with Gasteiger partial charge in [0.05, 0.1) is 13.2 Å². The van der Waals surface area contributed by atoms with Gasteiger partial charge < -0.3 is 15.4 Å². The van der Waals surface area contributed by atoms with Crippen LogP contribution in [-0.4, -0.2) is 36.3 Å². The first-order chi connectivity index (χ1) is 7.18. The predicted molar refractivity (Wildman–Crippen MR) is 59.0 cm³/mol. The molecule has 0 radical (unpaired) electrons. The maximum atomic E-state index is 5.82. The van der Waals surface area contributed by atoms with E-state index in [1.807, 2.05) is 13.8 Å². The molecule has 1 aromatic heterocycles. The number of nitrogens with two attached hydrogens (primary N) is 1. The molecule has 0 spiro atoms. The zero-order valence-corrected chi connectivity index (χ0v) is 9.16. The Morgan fingerprint density at radius 2 is 1.87 bits per heavy atom. The van der Waals surface area contributed by atoms with Crippen molar-refractivity contribution in [3.8, 4) is 0 Å². The van der Waals surface area contributed by atoms with E-state index in [2.05, 4.69) is 14.9 Å². The van der Waals surface area contributed by atoms with Crippen molar-refractivity contribution < 1.29 is 4.74 Å². The lowest BCUT2D eigenvalue weighted by Crippen LogP contribution is -2.37. The van der Waals surface area contributed by atoms with Gasteiger partial charge in [-0.05, 0) is 13.8 Å². The van der Waals surface area contributed by atoms with Gasteiger partial charge in [0.15, 0.2) is 0 Å². The minimum atomic E-state index is 0.573. The summed E-state index contributed by atoms with van der Waals surface area (Å²) in [6.45, 7) is 7.03. The van der Waals surface area contributed by atoms with Gasteiger partial charge >= 0.3 is 0 Å². The van der Waals surface area contributed by atoms with E-state index in [4.69, 9.17) is 10.5 Å². The molecule has 0 saturated carbocycles. The summed E-state index contributed by atoms with van der Waals surface area (Å²) in [6, 6.07) is 0. The van der Waals surface area contributed by atoms with Crippen molar-refractivity contribution in [2.24, 2.45) is 0 Å². The van der Waals surface area contributed by atoms with Crippen LogP contribution in [0.1, 0.15) is 11.3 Å². The molecule has 0 atom stereocenters. The van der Waals surface area contributed by atoms with Crippen LogP contribution in [0.25, 0.3) is 0 Å². The second-order valence-electron chi connectivity index (χ2n) is 3.72. The Bertz CT molecular complexity index is 337. The van der Waals surface area contributed by atoms with Crippen LogP contribution in [-0.2, 0) is 4.74 Å². The number of nitrogens with zero attached hydrogens (tertiary/aromatic N) is 3. The average Bonchev–Trinajstić information content (AvgIpc) is 2.26. The average molecular weight is 208 g/mol. The van der Waals surface area contributed by atoms with Crippen molar-refractivity contribution in [3.63, 3.8) is 0 Å². The smallest absolute Gasteiger partial charge is 0.227 e. The van der Waals surface area contributed by atoms with Crippen molar-refractivity contribution >= 4 is 11.8 Å². The zero-order chi connectivity index (χ0) is 10.8. The molecule has 0 aliphatic carbocycles. The van der Waals surface area contributed by atoms with E-state index in [-0.39, 0.29) is 0 Å². The van der Waals surface area contributed by atoms with Gasteiger partial charge in [0.25, 0.3) is 0 Å². The Morgan fingerprint density at radius 3 is 2.47 bits per heavy atom. The van der Waals surface area contributed by atoms with Gasteiger partial charge in [-0.1, -0.05) is 0 Å². The first-order valence-corrected chi connectivity index (χ1v) is 5.12. The topological polar surface area (TPSA) is 64.3 Å². The van der Waals surface area contributed by atoms with E-state index >= 15 is 0 Å². The maximum Gasteiger partial charge on any atom is 0.227 e. The summed E-state index contributed by atoms with van der Waals surface area (Å²) in [5, 5.41) is 0. The number of ether oxygens (including phenoxy) is 1. The number of aryl methyl sites for hydroxylation is 1. The lowest BCUT2D eigenvalue weighted by atomic mass is 10.2. The third-order valence-corrected chi connectivity index (χ3v) is 2.71. The van der Waals surface area contributed by atoms with Crippen molar-refractivity contribution in [2.45, 2.75) is 13.8 Å². The minimum absolute atomic E-state index is 0.573. The lowest BCUT2D eigenvalue weighted by molar-refractivity contribution is 0.122. The largest absolute Gasteiger partial charge is 0.383 e. The molecule has 2 N–H and O–H groups in total. The van der Waals surface area contributed by atoms with E-state index in [1.54, 1.807) is 0 Å². The number of aromatic nitrogens is 2. The minimum Gasteiger partial charge on any atom is -0.383 e. The molecule has 2 heterocycles. The first kappa shape index (κ1) is 10.2. The van der Waals surface area contributed by atoms with Gasteiger partial charge in [0.2, 0.25) is 5.95 Å². The molecule has 1 fully saturated rings. The van der Waals surface area contributed by atoms with Gasteiger partial charge in [-0.2, -0.15) is 4.98 Å². The highest BCUT2D eigenvalue weighted by molar-refractivity contribution is 5.47. The fraction of sp³-hybridized carbons (Fsp3) is 0.600. The summed E-state index contributed by atoms with van der Waals surface area (Å²) in [7, 11) is 0. The Balaban J connectivity index is 2.27. The molecule has 0 unspecified atom stereocenters. The van der Waals surface area contributed by atoms with Crippen LogP contribution in [0.3, 0.4) is 0 Å². The number of nitrogen functional groups attached to an aromatic ring is 1. The highest BCUT2D eigenvalue weighted by Gasteiger charge is 2.15. The molecular weight excluding hydrogens is 192 g/mol. The van der Waals surface area contributed by atoms with Crippen molar-refractivity contribution in [1.82, 2.24) is 9.97 Å².